The molecule has 0 fully saturated rings. The van der Waals surface area contributed by atoms with Gasteiger partial charge in [-0.1, -0.05) is 75.4 Å². The average molecular weight is 1350 g/mol. The average Bonchev–Trinajstić information content (AvgIpc) is 1.72. The Morgan fingerprint density at radius 3 is 1.52 bits per heavy atom. The smallest absolute Gasteiger partial charge is 0.397 e. The number of nitrogens with two attached hydrogens (primary N) is 1. The number of nitrogens with zero attached hydrogens (tertiary/aromatic N) is 6. The van der Waals surface area contributed by atoms with Gasteiger partial charge in [0.2, 0.25) is 0 Å². The summed E-state index contributed by atoms with van der Waals surface area (Å²) < 4.78 is 127. The Balaban J connectivity index is 0.000000173. The number of thiophene rings is 3. The lowest BCUT2D eigenvalue weighted by molar-refractivity contribution is -0.144. The van der Waals surface area contributed by atoms with E-state index in [0.29, 0.717) is 30.8 Å². The van der Waals surface area contributed by atoms with Gasteiger partial charge in [-0.15, -0.1) is 69.3 Å². The van der Waals surface area contributed by atoms with Crippen molar-refractivity contribution in [1.29, 1.82) is 0 Å². The summed E-state index contributed by atoms with van der Waals surface area (Å²) in [6.07, 6.45) is -14.1. The summed E-state index contributed by atoms with van der Waals surface area (Å²) in [5, 5.41) is 8.09. The summed E-state index contributed by atoms with van der Waals surface area (Å²) in [6.45, 7) is 9.96. The number of rotatable bonds is 15. The minimum absolute atomic E-state index is 0.0643. The Morgan fingerprint density at radius 1 is 0.596 bits per heavy atom. The van der Waals surface area contributed by atoms with E-state index in [2.05, 4.69) is 15.6 Å². The number of nitrogen functional groups attached to an aromatic ring is 1. The number of nitrogens with one attached hydrogen (secondary N) is 2. The first kappa shape index (κ1) is 67.7. The van der Waals surface area contributed by atoms with Gasteiger partial charge in [-0.2, -0.15) is 39.5 Å². The van der Waals surface area contributed by atoms with Crippen LogP contribution in [0.5, 0.6) is 0 Å². The van der Waals surface area contributed by atoms with Crippen LogP contribution in [0.1, 0.15) is 78.0 Å². The van der Waals surface area contributed by atoms with Crippen molar-refractivity contribution in [1.82, 2.24) is 23.3 Å². The molecule has 29 heteroatoms. The zero-order chi connectivity index (χ0) is 65.2. The van der Waals surface area contributed by atoms with Crippen molar-refractivity contribution in [3.63, 3.8) is 0 Å². The number of carbonyl (C=O) groups is 2. The predicted octanol–water partition coefficient (Wildman–Crippen LogP) is 16.3. The number of alkyl halides is 9. The van der Waals surface area contributed by atoms with Gasteiger partial charge in [0.15, 0.2) is 5.82 Å². The fourth-order valence-corrected chi connectivity index (χ4v) is 16.8. The number of pyridine rings is 3. The molecule has 4 N–H and O–H groups in total. The molecule has 3 aromatic carbocycles. The largest absolute Gasteiger partial charge is 0.431 e. The lowest BCUT2D eigenvalue weighted by Gasteiger charge is -2.22. The molecule has 0 saturated heterocycles. The Hall–Kier alpha value is -7.18. The fourth-order valence-electron chi connectivity index (χ4n) is 9.94. The Kier molecular flexibility index (Phi) is 20.9. The Bertz CT molecular complexity index is 4500. The summed E-state index contributed by atoms with van der Waals surface area (Å²) >= 11 is 8.74. The summed E-state index contributed by atoms with van der Waals surface area (Å²) in [6, 6.07) is 25.5. The monoisotopic (exact) mass is 1350 g/mol. The second kappa shape index (κ2) is 27.5. The molecule has 0 saturated carbocycles. The molecule has 0 aliphatic rings. The molecule has 2 amide bonds. The highest BCUT2D eigenvalue weighted by molar-refractivity contribution is 8.00. The minimum Gasteiger partial charge on any atom is -0.397 e. The Labute approximate surface area is 527 Å². The number of aromatic nitrogens is 5. The normalized spacial score (nSPS) is 11.9. The maximum absolute atomic E-state index is 13.5. The number of fused-ring (bicyclic) bond motifs is 4. The molecule has 14 nitrogen and oxygen atoms in total. The summed E-state index contributed by atoms with van der Waals surface area (Å²) in [7, 11) is 4.47. The number of benzene rings is 3. The van der Waals surface area contributed by atoms with Crippen LogP contribution in [0.3, 0.4) is 0 Å². The van der Waals surface area contributed by atoms with Crippen molar-refractivity contribution in [2.45, 2.75) is 94.4 Å². The van der Waals surface area contributed by atoms with Crippen LogP contribution in [0.2, 0.25) is 0 Å². The van der Waals surface area contributed by atoms with Gasteiger partial charge in [0, 0.05) is 85.7 Å². The van der Waals surface area contributed by atoms with Crippen LogP contribution in [0.15, 0.2) is 120 Å². The molecule has 10 aromatic rings. The van der Waals surface area contributed by atoms with Gasteiger partial charge in [-0.25, -0.2) is 4.98 Å². The molecule has 0 spiro atoms. The third kappa shape index (κ3) is 13.5. The summed E-state index contributed by atoms with van der Waals surface area (Å²) in [5.74, 6) is 1.78. The van der Waals surface area contributed by atoms with Crippen LogP contribution in [-0.2, 0) is 45.2 Å². The zero-order valence-electron chi connectivity index (χ0n) is 49.1. The second-order valence-electron chi connectivity index (χ2n) is 19.2. The number of thioether (sulfide) groups is 3. The van der Waals surface area contributed by atoms with E-state index in [-0.39, 0.29) is 47.7 Å². The van der Waals surface area contributed by atoms with Crippen LogP contribution in [-0.4, -0.2) is 66.4 Å². The number of halogens is 9. The molecule has 10 rings (SSSR count). The van der Waals surface area contributed by atoms with E-state index in [4.69, 9.17) is 5.73 Å². The van der Waals surface area contributed by atoms with Gasteiger partial charge in [0.1, 0.15) is 43.7 Å². The van der Waals surface area contributed by atoms with E-state index >= 15 is 0 Å². The highest BCUT2D eigenvalue weighted by atomic mass is 32.2. The first-order chi connectivity index (χ1) is 42.1. The van der Waals surface area contributed by atoms with E-state index in [1.165, 1.54) is 92.4 Å². The third-order valence-corrected chi connectivity index (χ3v) is 20.7. The number of hydrogen-bond donors (Lipinski definition) is 3. The quantitative estimate of drug-likeness (QED) is 0.0659. The highest BCUT2D eigenvalue weighted by Crippen LogP contribution is 2.46. The number of aryl methyl sites for hydroxylation is 1. The Morgan fingerprint density at radius 2 is 1.02 bits per heavy atom. The molecular weight excluding hydrogens is 1290 g/mol. The number of carbonyl (C=O) groups excluding carboxylic acids is 2. The molecule has 0 bridgehead atoms. The number of anilines is 4. The SMILES string of the molecule is CCSc1c(-c2nc3cc(C(F)(F)F)n(CC)c(=O)c3n2C)sc2ccccc12.CCSc1c(C(=O)N(C)c2c(N)cc(C(F)(F)F)n(CC)c2=O)sc2ccccc12.CCSc1c(C(=O)Nc2cc(C(F)(F)F)n(CC)c(=O)c2NC)sc2ccccc12. The third-order valence-electron chi connectivity index (χ3n) is 13.8. The molecule has 0 aliphatic heterocycles. The minimum atomic E-state index is -4.74. The van der Waals surface area contributed by atoms with Crippen molar-refractivity contribution in [3.05, 3.63) is 149 Å². The highest BCUT2D eigenvalue weighted by Gasteiger charge is 2.39. The predicted molar refractivity (Wildman–Crippen MR) is 347 cm³/mol. The topological polar surface area (TPSA) is 171 Å². The van der Waals surface area contributed by atoms with Gasteiger partial charge < -0.3 is 39.5 Å². The molecular formula is C60H58F9N9O5S6. The van der Waals surface area contributed by atoms with Gasteiger partial charge in [-0.05, 0) is 74.4 Å². The lowest BCUT2D eigenvalue weighted by Crippen LogP contribution is -2.37. The van der Waals surface area contributed by atoms with Gasteiger partial charge in [0.05, 0.1) is 21.8 Å². The van der Waals surface area contributed by atoms with Crippen molar-refractivity contribution in [2.75, 3.05) is 52.6 Å². The molecule has 0 unspecified atom stereocenters. The molecule has 0 atom stereocenters. The van der Waals surface area contributed by atoms with Gasteiger partial charge in [-0.3, -0.25) is 24.0 Å². The number of amides is 2. The maximum Gasteiger partial charge on any atom is 0.431 e. The van der Waals surface area contributed by atoms with Crippen LogP contribution in [0.4, 0.5) is 62.3 Å². The van der Waals surface area contributed by atoms with Crippen LogP contribution in [0.25, 0.3) is 52.0 Å². The van der Waals surface area contributed by atoms with Gasteiger partial charge in [0.25, 0.3) is 28.5 Å². The van der Waals surface area contributed by atoms with Gasteiger partial charge >= 0.3 is 18.5 Å². The summed E-state index contributed by atoms with van der Waals surface area (Å²) in [4.78, 5) is 74.5. The first-order valence-electron chi connectivity index (χ1n) is 27.4. The molecule has 472 valence electrons. The second-order valence-corrected chi connectivity index (χ2v) is 26.2. The summed E-state index contributed by atoms with van der Waals surface area (Å²) in [5.41, 5.74) is -0.569. The molecule has 0 radical (unpaired) electrons. The molecule has 89 heavy (non-hydrogen) atoms. The maximum atomic E-state index is 13.5. The van der Waals surface area contributed by atoms with E-state index < -0.39 is 69.8 Å². The first-order valence-corrected chi connectivity index (χ1v) is 32.9. The van der Waals surface area contributed by atoms with Crippen LogP contribution >= 0.6 is 69.3 Å². The van der Waals surface area contributed by atoms with Crippen LogP contribution < -0.4 is 37.9 Å². The molecule has 0 aliphatic carbocycles. The van der Waals surface area contributed by atoms with Crippen molar-refractivity contribution < 1.29 is 49.1 Å². The van der Waals surface area contributed by atoms with Crippen molar-refractivity contribution in [2.24, 2.45) is 7.05 Å². The van der Waals surface area contributed by atoms with Crippen molar-refractivity contribution in [3.8, 4) is 10.7 Å². The number of hydrogen-bond acceptors (Lipinski definition) is 14. The zero-order valence-corrected chi connectivity index (χ0v) is 54.0. The number of imidazole rings is 1. The van der Waals surface area contributed by atoms with E-state index in [0.717, 1.165) is 88.7 Å². The van der Waals surface area contributed by atoms with Crippen molar-refractivity contribution >= 4 is 145 Å². The standard InChI is InChI=1S/2C20H20F3N3O2S2.C20H18F3N3OS2/c1-4-26-14(20(21,22)23)10-12(15(24-3)19(26)28)25-18(27)17-16(29-5-2)11-8-6-7-9-13(11)30-17;1-4-26-14(20(21,22)23)10-12(24)15(18(26)27)25(3)19(28)17-16(29-5-2)11-8-6-7-9-13(11)30-17;1-4-26-14(20(21,22)23)10-12-15(19(26)27)25(3)18(24-12)17-16(28-5-2)11-8-6-7-9-13(11)29-17/h6-10,24H,4-5H2,1-3H3,(H,25,27);6-10H,4-5,24H2,1-3H3;6-10H,4-5H2,1-3H3. The van der Waals surface area contributed by atoms with E-state index in [9.17, 15) is 63.5 Å². The van der Waals surface area contributed by atoms with Crippen LogP contribution in [0, 0.1) is 0 Å². The molecule has 7 aromatic heterocycles. The van der Waals surface area contributed by atoms with E-state index in [1.54, 1.807) is 23.4 Å². The lowest BCUT2D eigenvalue weighted by atomic mass is 10.2. The van der Waals surface area contributed by atoms with E-state index in [1.807, 2.05) is 93.6 Å². The molecule has 7 heterocycles. The fraction of sp³-hybridized carbons (Fsp3) is 0.300.